The number of nitro groups is 1. The Labute approximate surface area is 116 Å². The summed E-state index contributed by atoms with van der Waals surface area (Å²) in [5, 5.41) is 22.8. The van der Waals surface area contributed by atoms with Crippen molar-refractivity contribution >= 4 is 22.7 Å². The van der Waals surface area contributed by atoms with Gasteiger partial charge < -0.3 is 15.4 Å². The molecule has 0 fully saturated rings. The number of aliphatic hydroxyl groups is 1. The number of aliphatic hydroxyl groups excluding tert-OH is 1. The van der Waals surface area contributed by atoms with Gasteiger partial charge in [-0.3, -0.25) is 10.1 Å². The number of H-pyrrole nitrogens is 1. The van der Waals surface area contributed by atoms with Crippen LogP contribution in [0.5, 0.6) is 0 Å². The van der Waals surface area contributed by atoms with Gasteiger partial charge in [0.25, 0.3) is 5.69 Å². The molecule has 1 atom stereocenters. The third-order valence-corrected chi connectivity index (χ3v) is 3.35. The van der Waals surface area contributed by atoms with E-state index < -0.39 is 4.92 Å². The molecule has 3 N–H and O–H groups in total. The average molecular weight is 278 g/mol. The summed E-state index contributed by atoms with van der Waals surface area (Å²) in [5.74, 6) is 0.972. The lowest BCUT2D eigenvalue weighted by Crippen LogP contribution is -2.15. The van der Waals surface area contributed by atoms with E-state index in [9.17, 15) is 10.1 Å². The van der Waals surface area contributed by atoms with Crippen LogP contribution in [0.2, 0.25) is 0 Å². The number of hydrogen-bond acceptors (Lipinski definition) is 5. The fraction of sp³-hybridized carbons (Fsp3) is 0.462. The molecule has 1 aromatic heterocycles. The number of nitrogens with one attached hydrogen (secondary N) is 2. The molecule has 0 spiro atoms. The molecular weight excluding hydrogens is 260 g/mol. The first-order valence-electron chi connectivity index (χ1n) is 6.63. The number of non-ortho nitro benzene ring substituents is 1. The van der Waals surface area contributed by atoms with E-state index in [-0.39, 0.29) is 12.3 Å². The number of aromatic nitrogens is 2. The second-order valence-electron chi connectivity index (χ2n) is 4.71. The van der Waals surface area contributed by atoms with Gasteiger partial charge in [-0.1, -0.05) is 13.3 Å². The Morgan fingerprint density at radius 1 is 1.55 bits per heavy atom. The van der Waals surface area contributed by atoms with E-state index in [4.69, 9.17) is 5.11 Å². The van der Waals surface area contributed by atoms with Crippen molar-refractivity contribution in [1.29, 1.82) is 0 Å². The fourth-order valence-corrected chi connectivity index (χ4v) is 2.07. The van der Waals surface area contributed by atoms with Crippen molar-refractivity contribution in [3.8, 4) is 0 Å². The van der Waals surface area contributed by atoms with Gasteiger partial charge in [0.1, 0.15) is 0 Å². The van der Waals surface area contributed by atoms with E-state index in [0.29, 0.717) is 29.4 Å². The topological polar surface area (TPSA) is 104 Å². The standard InChI is InChI=1S/C13H18N4O3/c1-2-9(5-6-18)8-14-13-15-11-4-3-10(17(19)20)7-12(11)16-13/h3-4,7,9,18H,2,5-6,8H2,1H3,(H2,14,15,16). The van der Waals surface area contributed by atoms with Gasteiger partial charge in [0.05, 0.1) is 16.0 Å². The molecule has 2 aromatic rings. The molecular formula is C13H18N4O3. The number of anilines is 1. The van der Waals surface area contributed by atoms with Crippen LogP contribution in [0.25, 0.3) is 11.0 Å². The molecule has 1 aromatic carbocycles. The Balaban J connectivity index is 2.09. The maximum absolute atomic E-state index is 10.7. The molecule has 1 heterocycles. The van der Waals surface area contributed by atoms with E-state index in [1.807, 2.05) is 0 Å². The first-order valence-corrected chi connectivity index (χ1v) is 6.63. The lowest BCUT2D eigenvalue weighted by molar-refractivity contribution is -0.384. The molecule has 0 amide bonds. The number of aromatic amines is 1. The van der Waals surface area contributed by atoms with Crippen molar-refractivity contribution in [3.05, 3.63) is 28.3 Å². The van der Waals surface area contributed by atoms with E-state index in [0.717, 1.165) is 12.8 Å². The number of nitrogens with zero attached hydrogens (tertiary/aromatic N) is 2. The number of nitro benzene ring substituents is 1. The van der Waals surface area contributed by atoms with E-state index in [1.165, 1.54) is 12.1 Å². The van der Waals surface area contributed by atoms with Crippen LogP contribution in [0, 0.1) is 16.0 Å². The van der Waals surface area contributed by atoms with Gasteiger partial charge in [-0.2, -0.15) is 0 Å². The van der Waals surface area contributed by atoms with Crippen molar-refractivity contribution in [2.75, 3.05) is 18.5 Å². The predicted molar refractivity (Wildman–Crippen MR) is 76.7 cm³/mol. The van der Waals surface area contributed by atoms with E-state index >= 15 is 0 Å². The number of benzene rings is 1. The quantitative estimate of drug-likeness (QED) is 0.532. The zero-order chi connectivity index (χ0) is 14.5. The molecule has 108 valence electrons. The molecule has 0 saturated heterocycles. The first-order chi connectivity index (χ1) is 9.63. The van der Waals surface area contributed by atoms with Crippen molar-refractivity contribution in [2.45, 2.75) is 19.8 Å². The number of imidazole rings is 1. The maximum Gasteiger partial charge on any atom is 0.271 e. The van der Waals surface area contributed by atoms with Gasteiger partial charge in [0.15, 0.2) is 0 Å². The molecule has 0 aliphatic carbocycles. The van der Waals surface area contributed by atoms with Crippen LogP contribution in [-0.2, 0) is 0 Å². The van der Waals surface area contributed by atoms with Gasteiger partial charge >= 0.3 is 0 Å². The highest BCUT2D eigenvalue weighted by Crippen LogP contribution is 2.20. The van der Waals surface area contributed by atoms with Crippen LogP contribution in [0.4, 0.5) is 11.6 Å². The second kappa shape index (κ2) is 6.33. The molecule has 0 saturated carbocycles. The zero-order valence-corrected chi connectivity index (χ0v) is 11.3. The largest absolute Gasteiger partial charge is 0.396 e. The van der Waals surface area contributed by atoms with Crippen molar-refractivity contribution in [1.82, 2.24) is 9.97 Å². The lowest BCUT2D eigenvalue weighted by Gasteiger charge is -2.13. The van der Waals surface area contributed by atoms with Crippen molar-refractivity contribution < 1.29 is 10.0 Å². The smallest absolute Gasteiger partial charge is 0.271 e. The lowest BCUT2D eigenvalue weighted by atomic mass is 10.0. The molecule has 20 heavy (non-hydrogen) atoms. The minimum absolute atomic E-state index is 0.0411. The normalized spacial score (nSPS) is 12.5. The molecule has 7 heteroatoms. The van der Waals surface area contributed by atoms with Gasteiger partial charge in [-0.15, -0.1) is 0 Å². The maximum atomic E-state index is 10.7. The van der Waals surface area contributed by atoms with Crippen LogP contribution >= 0.6 is 0 Å². The summed E-state index contributed by atoms with van der Waals surface area (Å²) >= 11 is 0. The molecule has 0 aliphatic rings. The summed E-state index contributed by atoms with van der Waals surface area (Å²) in [6.07, 6.45) is 1.72. The van der Waals surface area contributed by atoms with Gasteiger partial charge in [0.2, 0.25) is 5.95 Å². The number of hydrogen-bond donors (Lipinski definition) is 3. The Morgan fingerprint density at radius 3 is 3.00 bits per heavy atom. The number of rotatable bonds is 7. The van der Waals surface area contributed by atoms with Crippen LogP contribution in [0.15, 0.2) is 18.2 Å². The van der Waals surface area contributed by atoms with Crippen LogP contribution in [0.1, 0.15) is 19.8 Å². The summed E-state index contributed by atoms with van der Waals surface area (Å²) in [6, 6.07) is 4.53. The summed E-state index contributed by atoms with van der Waals surface area (Å²) in [6.45, 7) is 2.95. The third-order valence-electron chi connectivity index (χ3n) is 3.35. The average Bonchev–Trinajstić information content (AvgIpc) is 2.85. The fourth-order valence-electron chi connectivity index (χ4n) is 2.07. The van der Waals surface area contributed by atoms with Gasteiger partial charge in [-0.05, 0) is 18.4 Å². The van der Waals surface area contributed by atoms with Crippen molar-refractivity contribution in [3.63, 3.8) is 0 Å². The summed E-state index contributed by atoms with van der Waals surface area (Å²) in [7, 11) is 0. The highest BCUT2D eigenvalue weighted by Gasteiger charge is 2.10. The Hall–Kier alpha value is -2.15. The van der Waals surface area contributed by atoms with E-state index in [2.05, 4.69) is 22.2 Å². The third kappa shape index (κ3) is 3.24. The monoisotopic (exact) mass is 278 g/mol. The van der Waals surface area contributed by atoms with Gasteiger partial charge in [-0.25, -0.2) is 4.98 Å². The highest BCUT2D eigenvalue weighted by atomic mass is 16.6. The molecule has 7 nitrogen and oxygen atoms in total. The SMILES string of the molecule is CCC(CCO)CNc1nc2ccc([N+](=O)[O-])cc2[nH]1. The van der Waals surface area contributed by atoms with Gasteiger partial charge in [0, 0.05) is 25.3 Å². The molecule has 0 aliphatic heterocycles. The molecule has 0 bridgehead atoms. The van der Waals surface area contributed by atoms with Crippen LogP contribution < -0.4 is 5.32 Å². The Bertz CT molecular complexity index is 596. The minimum Gasteiger partial charge on any atom is -0.396 e. The number of fused-ring (bicyclic) bond motifs is 1. The first kappa shape index (κ1) is 14.3. The molecule has 1 unspecified atom stereocenters. The summed E-state index contributed by atoms with van der Waals surface area (Å²) in [5.41, 5.74) is 1.37. The molecule has 2 rings (SSSR count). The van der Waals surface area contributed by atoms with Crippen LogP contribution in [0.3, 0.4) is 0 Å². The minimum atomic E-state index is -0.429. The van der Waals surface area contributed by atoms with E-state index in [1.54, 1.807) is 6.07 Å². The van der Waals surface area contributed by atoms with Crippen molar-refractivity contribution in [2.24, 2.45) is 5.92 Å². The summed E-state index contributed by atoms with van der Waals surface area (Å²) in [4.78, 5) is 17.6. The predicted octanol–water partition coefficient (Wildman–Crippen LogP) is 2.29. The second-order valence-corrected chi connectivity index (χ2v) is 4.71. The molecule has 0 radical (unpaired) electrons. The Kier molecular flexibility index (Phi) is 4.52. The van der Waals surface area contributed by atoms with Crippen LogP contribution in [-0.4, -0.2) is 33.1 Å². The Morgan fingerprint density at radius 2 is 2.35 bits per heavy atom. The summed E-state index contributed by atoms with van der Waals surface area (Å²) < 4.78 is 0. The highest BCUT2D eigenvalue weighted by molar-refractivity contribution is 5.79. The zero-order valence-electron chi connectivity index (χ0n) is 11.3.